The predicted molar refractivity (Wildman–Crippen MR) is 196 cm³/mol. The van der Waals surface area contributed by atoms with Gasteiger partial charge in [-0.3, -0.25) is 0 Å². The van der Waals surface area contributed by atoms with E-state index in [1.165, 1.54) is 21.1 Å². The van der Waals surface area contributed by atoms with Gasteiger partial charge in [-0.05, 0) is 39.9 Å². The number of aryl methyl sites for hydroxylation is 1. The van der Waals surface area contributed by atoms with Crippen molar-refractivity contribution in [2.45, 2.75) is 50.4 Å². The molecule has 0 aliphatic carbocycles. The molecule has 3 nitrogen and oxygen atoms in total. The van der Waals surface area contributed by atoms with Crippen LogP contribution in [-0.4, -0.2) is 23.2 Å². The van der Waals surface area contributed by atoms with Crippen molar-refractivity contribution in [2.24, 2.45) is 0 Å². The fraction of sp³-hybridized carbons (Fsp3) is 0.190. The first-order valence-corrected chi connectivity index (χ1v) is 23.2. The average Bonchev–Trinajstić information content (AvgIpc) is 3.43. The van der Waals surface area contributed by atoms with Crippen LogP contribution in [0.15, 0.2) is 120 Å². The van der Waals surface area contributed by atoms with Crippen LogP contribution in [0.5, 0.6) is 0 Å². The van der Waals surface area contributed by atoms with Gasteiger partial charge in [0.25, 0.3) is 0 Å². The standard InChI is InChI=1S/C27H22NO.C15H18GeN.Ir/c1-27(2,3)20-14-15-28-24(17-20)23-11-7-10-22-21-13-12-19(16-25(21)29-26(22)23)18-8-5-4-6-9-18;1-12-10-15(13-8-6-5-7-9-13)17-11-14(12)16(2,3)4;/h4-10,12-17H,1-3H3;5-8,10-11H,1-4H3;/q2*-1;. The van der Waals surface area contributed by atoms with Crippen LogP contribution in [0.1, 0.15) is 31.9 Å². The molecule has 47 heavy (non-hydrogen) atoms. The van der Waals surface area contributed by atoms with Gasteiger partial charge in [0.15, 0.2) is 0 Å². The molecule has 3 heterocycles. The summed E-state index contributed by atoms with van der Waals surface area (Å²) in [7, 11) is 0. The Morgan fingerprint density at radius 3 is 2.15 bits per heavy atom. The van der Waals surface area contributed by atoms with E-state index in [1.807, 2.05) is 36.5 Å². The minimum Gasteiger partial charge on any atom is 0 e. The molecule has 3 aromatic heterocycles. The summed E-state index contributed by atoms with van der Waals surface area (Å²) in [5.41, 5.74) is 10.6. The summed E-state index contributed by atoms with van der Waals surface area (Å²) >= 11 is -1.77. The van der Waals surface area contributed by atoms with Crippen LogP contribution >= 0.6 is 0 Å². The third-order valence-electron chi connectivity index (χ3n) is 8.33. The summed E-state index contributed by atoms with van der Waals surface area (Å²) in [6.07, 6.45) is 3.95. The number of nitrogens with zero attached hydrogens (tertiary/aromatic N) is 2. The van der Waals surface area contributed by atoms with E-state index < -0.39 is 13.3 Å². The number of benzene rings is 4. The van der Waals surface area contributed by atoms with Crippen LogP contribution in [0.3, 0.4) is 0 Å². The Morgan fingerprint density at radius 2 is 1.47 bits per heavy atom. The molecule has 0 unspecified atom stereocenters. The van der Waals surface area contributed by atoms with Crippen LogP contribution in [0.2, 0.25) is 17.3 Å². The van der Waals surface area contributed by atoms with E-state index in [1.54, 1.807) is 0 Å². The molecule has 0 saturated heterocycles. The van der Waals surface area contributed by atoms with Gasteiger partial charge in [-0.25, -0.2) is 0 Å². The van der Waals surface area contributed by atoms with E-state index in [9.17, 15) is 0 Å². The number of furan rings is 1. The maximum atomic E-state index is 6.35. The van der Waals surface area contributed by atoms with Crippen molar-refractivity contribution in [1.29, 1.82) is 0 Å². The number of hydrogen-bond donors (Lipinski definition) is 0. The SMILES string of the molecule is CC(C)(C)c1ccnc(-c2[c-]ccc3c2oc2cc(-c4ccccc4)ccc23)c1.Cc1cc(-c2[c-]cccc2)nc[c]1[Ge]([CH3])([CH3])[CH3].[Ir]. The minimum atomic E-state index is -1.77. The van der Waals surface area contributed by atoms with Gasteiger partial charge in [-0.2, -0.15) is 0 Å². The molecule has 239 valence electrons. The van der Waals surface area contributed by atoms with Crippen LogP contribution < -0.4 is 4.40 Å². The molecule has 0 aliphatic rings. The minimum absolute atomic E-state index is 0. The quantitative estimate of drug-likeness (QED) is 0.131. The Kier molecular flexibility index (Phi) is 10.4. The van der Waals surface area contributed by atoms with Gasteiger partial charge in [-0.1, -0.05) is 80.3 Å². The fourth-order valence-corrected chi connectivity index (χ4v) is 9.40. The molecule has 0 spiro atoms. The predicted octanol–water partition coefficient (Wildman–Crippen LogP) is 10.8. The Hall–Kier alpha value is -3.83. The molecule has 4 aromatic carbocycles. The van der Waals surface area contributed by atoms with Crippen LogP contribution in [0.25, 0.3) is 55.6 Å². The normalized spacial score (nSPS) is 11.6. The second-order valence-corrected chi connectivity index (χ2v) is 24.4. The van der Waals surface area contributed by atoms with E-state index in [0.29, 0.717) is 0 Å². The van der Waals surface area contributed by atoms with E-state index in [4.69, 9.17) is 4.42 Å². The molecule has 0 bridgehead atoms. The van der Waals surface area contributed by atoms with E-state index >= 15 is 0 Å². The first-order chi connectivity index (χ1) is 22.0. The fourth-order valence-electron chi connectivity index (χ4n) is 5.82. The Morgan fingerprint density at radius 1 is 0.702 bits per heavy atom. The molecule has 0 amide bonds. The number of hydrogen-bond acceptors (Lipinski definition) is 3. The molecule has 7 aromatic rings. The first kappa shape index (κ1) is 34.5. The second-order valence-electron chi connectivity index (χ2n) is 13.9. The average molecular weight is 854 g/mol. The van der Waals surface area contributed by atoms with Crippen molar-refractivity contribution in [2.75, 3.05) is 0 Å². The number of fused-ring (bicyclic) bond motifs is 3. The molecule has 0 N–H and O–H groups in total. The molecular weight excluding hydrogens is 813 g/mol. The van der Waals surface area contributed by atoms with Crippen molar-refractivity contribution in [3.05, 3.63) is 139 Å². The molecule has 0 atom stereocenters. The van der Waals surface area contributed by atoms with E-state index in [-0.39, 0.29) is 25.5 Å². The van der Waals surface area contributed by atoms with Gasteiger partial charge >= 0.3 is 106 Å². The molecule has 1 radical (unpaired) electrons. The topological polar surface area (TPSA) is 38.9 Å². The summed E-state index contributed by atoms with van der Waals surface area (Å²) in [6, 6.07) is 41.8. The summed E-state index contributed by atoms with van der Waals surface area (Å²) < 4.78 is 7.84. The van der Waals surface area contributed by atoms with Crippen molar-refractivity contribution in [1.82, 2.24) is 9.97 Å². The Bertz CT molecular complexity index is 2120. The van der Waals surface area contributed by atoms with Gasteiger partial charge in [0, 0.05) is 31.7 Å². The van der Waals surface area contributed by atoms with Gasteiger partial charge in [-0.15, -0.1) is 18.2 Å². The van der Waals surface area contributed by atoms with Crippen LogP contribution in [-0.2, 0) is 25.5 Å². The molecular formula is C42H40GeIrN2O-2. The summed E-state index contributed by atoms with van der Waals surface area (Å²) in [5.74, 6) is 7.20. The van der Waals surface area contributed by atoms with Crippen molar-refractivity contribution in [3.63, 3.8) is 0 Å². The zero-order valence-corrected chi connectivity index (χ0v) is 32.6. The summed E-state index contributed by atoms with van der Waals surface area (Å²) in [5, 5.41) is 2.21. The van der Waals surface area contributed by atoms with Crippen LogP contribution in [0.4, 0.5) is 0 Å². The Balaban J connectivity index is 0.000000207. The monoisotopic (exact) mass is 855 g/mol. The third kappa shape index (κ3) is 7.67. The van der Waals surface area contributed by atoms with Gasteiger partial charge < -0.3 is 9.40 Å². The largest absolute Gasteiger partial charge is 0 e. The van der Waals surface area contributed by atoms with Crippen molar-refractivity contribution in [3.8, 4) is 33.6 Å². The maximum Gasteiger partial charge on any atom is 0 e. The maximum absolute atomic E-state index is 6.35. The number of rotatable bonds is 4. The van der Waals surface area contributed by atoms with E-state index in [0.717, 1.165) is 50.0 Å². The second kappa shape index (κ2) is 14.1. The van der Waals surface area contributed by atoms with Crippen molar-refractivity contribution < 1.29 is 24.5 Å². The third-order valence-corrected chi connectivity index (χ3v) is 12.8. The molecule has 0 saturated carbocycles. The van der Waals surface area contributed by atoms with Gasteiger partial charge in [0.2, 0.25) is 0 Å². The molecule has 7 rings (SSSR count). The van der Waals surface area contributed by atoms with Gasteiger partial charge in [0.1, 0.15) is 5.58 Å². The molecule has 0 fully saturated rings. The summed E-state index contributed by atoms with van der Waals surface area (Å²) in [4.78, 5) is 9.21. The molecule has 0 aliphatic heterocycles. The molecule has 5 heteroatoms. The first-order valence-electron chi connectivity index (χ1n) is 15.8. The van der Waals surface area contributed by atoms with E-state index in [2.05, 4.69) is 146 Å². The van der Waals surface area contributed by atoms with Crippen LogP contribution in [0, 0.1) is 19.1 Å². The smallest absolute Gasteiger partial charge is 0 e. The van der Waals surface area contributed by atoms with Crippen molar-refractivity contribution >= 4 is 39.6 Å². The summed E-state index contributed by atoms with van der Waals surface area (Å²) in [6.45, 7) is 8.83. The van der Waals surface area contributed by atoms with Gasteiger partial charge in [0.05, 0.1) is 5.58 Å². The Labute approximate surface area is 295 Å². The zero-order valence-electron chi connectivity index (χ0n) is 28.1. The zero-order chi connectivity index (χ0) is 32.5. The number of aromatic nitrogens is 2. The number of pyridine rings is 2.